The molecule has 2 amide bonds. The first-order valence-corrected chi connectivity index (χ1v) is 15.2. The number of aromatic nitrogens is 1. The standard InChI is InChI=1S/C33H40ClFN4O5/c1-17(15-33(3,4)5)28(39-32(43)44)31(42)38-22-9-7-21(8-10-22)37-29-23-12-19(20-13-25(34)30(41)26(35)14-20)6-11-27(23)36-16-24(29)18(2)40/h6,11-14,16-17,21-22,28,39,41H,7-10,15H2,1-5H3,(H,36,37)(H,38,42)(H,43,44). The van der Waals surface area contributed by atoms with Gasteiger partial charge in [0.15, 0.2) is 17.3 Å². The van der Waals surface area contributed by atoms with Gasteiger partial charge in [0.05, 0.1) is 21.8 Å². The van der Waals surface area contributed by atoms with E-state index in [1.807, 2.05) is 13.0 Å². The summed E-state index contributed by atoms with van der Waals surface area (Å²) in [6, 6.07) is 7.10. The number of anilines is 1. The second-order valence-electron chi connectivity index (χ2n) is 13.0. The van der Waals surface area contributed by atoms with Crippen molar-refractivity contribution in [1.82, 2.24) is 15.6 Å². The van der Waals surface area contributed by atoms with Crippen LogP contribution < -0.4 is 16.0 Å². The Morgan fingerprint density at radius 3 is 2.32 bits per heavy atom. The van der Waals surface area contributed by atoms with Crippen LogP contribution in [0.25, 0.3) is 22.0 Å². The number of phenols is 1. The summed E-state index contributed by atoms with van der Waals surface area (Å²) in [5.74, 6) is -2.11. The average Bonchev–Trinajstić information content (AvgIpc) is 2.94. The molecule has 1 heterocycles. The van der Waals surface area contributed by atoms with Crippen LogP contribution in [0.2, 0.25) is 5.02 Å². The number of carbonyl (C=O) groups is 3. The van der Waals surface area contributed by atoms with Crippen LogP contribution in [0.4, 0.5) is 14.9 Å². The molecule has 4 rings (SSSR count). The number of rotatable bonds is 9. The molecule has 2 aromatic carbocycles. The number of fused-ring (bicyclic) bond motifs is 1. The van der Waals surface area contributed by atoms with Crippen LogP contribution in [0.5, 0.6) is 5.75 Å². The largest absolute Gasteiger partial charge is 0.504 e. The van der Waals surface area contributed by atoms with Crippen molar-refractivity contribution < 1.29 is 29.0 Å². The number of hydrogen-bond donors (Lipinski definition) is 5. The zero-order valence-corrected chi connectivity index (χ0v) is 26.4. The molecule has 9 nitrogen and oxygen atoms in total. The SMILES string of the molecule is CC(=O)c1cnc2ccc(-c3cc(F)c(O)c(Cl)c3)cc2c1NC1CCC(NC(=O)C(NC(=O)O)C(C)CC(C)(C)C)CC1. The number of nitrogens with one attached hydrogen (secondary N) is 3. The van der Waals surface area contributed by atoms with Gasteiger partial charge in [-0.1, -0.05) is 45.4 Å². The quantitative estimate of drug-likeness (QED) is 0.159. The first-order valence-electron chi connectivity index (χ1n) is 14.8. The molecule has 0 saturated heterocycles. The molecule has 0 radical (unpaired) electrons. The molecule has 236 valence electrons. The Kier molecular flexibility index (Phi) is 10.0. The monoisotopic (exact) mass is 626 g/mol. The number of Topliss-reactive ketones (excluding diaryl/α,β-unsaturated/α-hetero) is 1. The molecule has 1 aliphatic carbocycles. The van der Waals surface area contributed by atoms with Gasteiger partial charge in [-0.05, 0) is 85.8 Å². The minimum absolute atomic E-state index is 0.00354. The van der Waals surface area contributed by atoms with Crippen LogP contribution in [0.15, 0.2) is 36.5 Å². The fourth-order valence-corrected chi connectivity index (χ4v) is 6.29. The van der Waals surface area contributed by atoms with E-state index in [9.17, 15) is 29.0 Å². The molecule has 3 aromatic rings. The fourth-order valence-electron chi connectivity index (χ4n) is 6.09. The number of ketones is 1. The summed E-state index contributed by atoms with van der Waals surface area (Å²) in [7, 11) is 0. The van der Waals surface area contributed by atoms with Gasteiger partial charge >= 0.3 is 6.09 Å². The second-order valence-corrected chi connectivity index (χ2v) is 13.4. The maximum Gasteiger partial charge on any atom is 0.405 e. The maximum absolute atomic E-state index is 14.3. The summed E-state index contributed by atoms with van der Waals surface area (Å²) < 4.78 is 14.3. The number of aromatic hydroxyl groups is 1. The number of phenolic OH excluding ortho intramolecular Hbond substituents is 1. The summed E-state index contributed by atoms with van der Waals surface area (Å²) in [6.45, 7) is 9.53. The second kappa shape index (κ2) is 13.4. The lowest BCUT2D eigenvalue weighted by atomic mass is 9.82. The molecule has 5 N–H and O–H groups in total. The molecule has 1 aromatic heterocycles. The summed E-state index contributed by atoms with van der Waals surface area (Å²) >= 11 is 6.02. The molecule has 11 heteroatoms. The smallest absolute Gasteiger partial charge is 0.405 e. The summed E-state index contributed by atoms with van der Waals surface area (Å²) in [5.41, 5.74) is 2.75. The zero-order chi connectivity index (χ0) is 32.3. The van der Waals surface area contributed by atoms with E-state index in [2.05, 4.69) is 41.7 Å². The molecule has 2 unspecified atom stereocenters. The predicted octanol–water partition coefficient (Wildman–Crippen LogP) is 7.15. The van der Waals surface area contributed by atoms with Gasteiger partial charge in [-0.25, -0.2) is 9.18 Å². The van der Waals surface area contributed by atoms with Crippen LogP contribution in [-0.4, -0.2) is 51.1 Å². The van der Waals surface area contributed by atoms with Gasteiger partial charge in [0.1, 0.15) is 6.04 Å². The molecule has 0 bridgehead atoms. The van der Waals surface area contributed by atoms with E-state index in [0.29, 0.717) is 65.4 Å². The minimum atomic E-state index is -1.23. The summed E-state index contributed by atoms with van der Waals surface area (Å²) in [6.07, 6.45) is 3.75. The van der Waals surface area contributed by atoms with Gasteiger partial charge in [-0.2, -0.15) is 0 Å². The Labute approximate surface area is 261 Å². The van der Waals surface area contributed by atoms with Crippen molar-refractivity contribution in [3.8, 4) is 16.9 Å². The van der Waals surface area contributed by atoms with Crippen molar-refractivity contribution in [2.75, 3.05) is 5.32 Å². The fraction of sp³-hybridized carbons (Fsp3) is 0.455. The number of halogens is 2. The number of benzene rings is 2. The molecule has 2 atom stereocenters. The average molecular weight is 627 g/mol. The van der Waals surface area contributed by atoms with E-state index in [1.165, 1.54) is 19.1 Å². The van der Waals surface area contributed by atoms with E-state index in [0.717, 1.165) is 0 Å². The number of carboxylic acid groups (broad SMARTS) is 1. The summed E-state index contributed by atoms with van der Waals surface area (Å²) in [4.78, 5) is 41.7. The van der Waals surface area contributed by atoms with Crippen LogP contribution in [-0.2, 0) is 4.79 Å². The Hall–Kier alpha value is -3.92. The number of pyridine rings is 1. The molecule has 1 fully saturated rings. The van der Waals surface area contributed by atoms with Crippen molar-refractivity contribution in [3.63, 3.8) is 0 Å². The Morgan fingerprint density at radius 1 is 1.07 bits per heavy atom. The van der Waals surface area contributed by atoms with E-state index >= 15 is 0 Å². The lowest BCUT2D eigenvalue weighted by Crippen LogP contribution is -2.53. The third-order valence-electron chi connectivity index (χ3n) is 8.08. The number of carbonyl (C=O) groups excluding carboxylic acids is 2. The highest BCUT2D eigenvalue weighted by atomic mass is 35.5. The highest BCUT2D eigenvalue weighted by molar-refractivity contribution is 6.32. The van der Waals surface area contributed by atoms with Crippen molar-refractivity contribution >= 4 is 46.0 Å². The first-order chi connectivity index (χ1) is 20.6. The lowest BCUT2D eigenvalue weighted by molar-refractivity contribution is -0.125. The van der Waals surface area contributed by atoms with Gasteiger partial charge in [0.2, 0.25) is 5.91 Å². The maximum atomic E-state index is 14.3. The van der Waals surface area contributed by atoms with Gasteiger partial charge in [-0.15, -0.1) is 0 Å². The molecule has 44 heavy (non-hydrogen) atoms. The molecule has 0 aliphatic heterocycles. The van der Waals surface area contributed by atoms with E-state index in [-0.39, 0.29) is 40.1 Å². The lowest BCUT2D eigenvalue weighted by Gasteiger charge is -2.33. The number of hydrogen-bond acceptors (Lipinski definition) is 6. The van der Waals surface area contributed by atoms with Crippen LogP contribution >= 0.6 is 11.6 Å². The molecule has 1 aliphatic rings. The third-order valence-corrected chi connectivity index (χ3v) is 8.37. The number of nitrogens with zero attached hydrogens (tertiary/aromatic N) is 1. The van der Waals surface area contributed by atoms with Crippen LogP contribution in [0, 0.1) is 17.2 Å². The highest BCUT2D eigenvalue weighted by Gasteiger charge is 2.32. The van der Waals surface area contributed by atoms with Crippen LogP contribution in [0.3, 0.4) is 0 Å². The topological polar surface area (TPSA) is 141 Å². The molecule has 0 spiro atoms. The van der Waals surface area contributed by atoms with E-state index in [4.69, 9.17) is 11.6 Å². The van der Waals surface area contributed by atoms with Crippen molar-refractivity contribution in [2.24, 2.45) is 11.3 Å². The zero-order valence-electron chi connectivity index (χ0n) is 25.6. The first kappa shape index (κ1) is 33.0. The Bertz CT molecular complexity index is 1540. The predicted molar refractivity (Wildman–Crippen MR) is 170 cm³/mol. The van der Waals surface area contributed by atoms with Crippen molar-refractivity contribution in [1.29, 1.82) is 0 Å². The van der Waals surface area contributed by atoms with Gasteiger partial charge in [0, 0.05) is 23.7 Å². The van der Waals surface area contributed by atoms with Gasteiger partial charge < -0.3 is 26.2 Å². The number of amides is 2. The molecular formula is C33H40ClFN4O5. The highest BCUT2D eigenvalue weighted by Crippen LogP contribution is 2.36. The van der Waals surface area contributed by atoms with Crippen molar-refractivity contribution in [3.05, 3.63) is 52.9 Å². The van der Waals surface area contributed by atoms with Crippen LogP contribution in [0.1, 0.15) is 77.1 Å². The van der Waals surface area contributed by atoms with E-state index in [1.54, 1.807) is 18.3 Å². The third kappa shape index (κ3) is 7.96. The molecule has 1 saturated carbocycles. The summed E-state index contributed by atoms with van der Waals surface area (Å²) in [5, 5.41) is 28.7. The van der Waals surface area contributed by atoms with E-state index < -0.39 is 23.7 Å². The minimum Gasteiger partial charge on any atom is -0.504 e. The molecular weight excluding hydrogens is 587 g/mol. The Morgan fingerprint density at radius 2 is 1.73 bits per heavy atom. The van der Waals surface area contributed by atoms with Gasteiger partial charge in [0.25, 0.3) is 0 Å². The van der Waals surface area contributed by atoms with Crippen molar-refractivity contribution in [2.45, 2.75) is 84.8 Å². The normalized spacial score (nSPS) is 18.3. The van der Waals surface area contributed by atoms with Gasteiger partial charge in [-0.3, -0.25) is 14.6 Å². The Balaban J connectivity index is 1.51.